The monoisotopic (exact) mass is 281 g/mol. The van der Waals surface area contributed by atoms with E-state index in [1.54, 1.807) is 0 Å². The molecule has 0 spiro atoms. The van der Waals surface area contributed by atoms with E-state index in [9.17, 15) is 9.90 Å². The fourth-order valence-electron chi connectivity index (χ4n) is 2.84. The van der Waals surface area contributed by atoms with Crippen molar-refractivity contribution < 1.29 is 9.90 Å². The number of nitrogens with zero attached hydrogens (tertiary/aromatic N) is 1. The maximum absolute atomic E-state index is 11.6. The molecule has 1 N–H and O–H groups in total. The fraction of sp³-hybridized carbons (Fsp3) is 0.533. The van der Waals surface area contributed by atoms with E-state index in [0.717, 1.165) is 30.1 Å². The summed E-state index contributed by atoms with van der Waals surface area (Å²) < 4.78 is 0. The third-order valence-corrected chi connectivity index (χ3v) is 4.44. The number of aliphatic carboxylic acids is 1. The van der Waals surface area contributed by atoms with Crippen molar-refractivity contribution in [2.75, 3.05) is 13.1 Å². The van der Waals surface area contributed by atoms with Crippen molar-refractivity contribution in [3.05, 3.63) is 34.9 Å². The van der Waals surface area contributed by atoms with Crippen LogP contribution in [0.1, 0.15) is 25.8 Å². The van der Waals surface area contributed by atoms with Crippen LogP contribution in [-0.2, 0) is 11.3 Å². The van der Waals surface area contributed by atoms with E-state index in [-0.39, 0.29) is 5.92 Å². The molecule has 1 atom stereocenters. The van der Waals surface area contributed by atoms with Gasteiger partial charge in [-0.3, -0.25) is 9.69 Å². The number of carbonyl (C=O) groups is 1. The Hall–Kier alpha value is -1.06. The van der Waals surface area contributed by atoms with Crippen molar-refractivity contribution >= 4 is 17.6 Å². The second kappa shape index (κ2) is 5.51. The molecule has 0 amide bonds. The third-order valence-electron chi connectivity index (χ3n) is 4.21. The van der Waals surface area contributed by atoms with Gasteiger partial charge >= 0.3 is 5.97 Å². The Kier molecular flexibility index (Phi) is 4.16. The predicted octanol–water partition coefficient (Wildman–Crippen LogP) is 3.27. The molecule has 1 aliphatic rings. The minimum atomic E-state index is -0.670. The zero-order valence-corrected chi connectivity index (χ0v) is 12.2. The zero-order valence-electron chi connectivity index (χ0n) is 11.4. The number of carboxylic acid groups (broad SMARTS) is 1. The molecule has 0 aliphatic carbocycles. The van der Waals surface area contributed by atoms with Crippen molar-refractivity contribution in [1.29, 1.82) is 0 Å². The summed E-state index contributed by atoms with van der Waals surface area (Å²) in [6.45, 7) is 6.21. The minimum absolute atomic E-state index is 0.148. The van der Waals surface area contributed by atoms with Gasteiger partial charge in [0.25, 0.3) is 0 Å². The number of benzene rings is 1. The van der Waals surface area contributed by atoms with Crippen LogP contribution in [0.25, 0.3) is 0 Å². The highest BCUT2D eigenvalue weighted by molar-refractivity contribution is 6.30. The van der Waals surface area contributed by atoms with Crippen LogP contribution < -0.4 is 0 Å². The quantitative estimate of drug-likeness (QED) is 0.921. The smallest absolute Gasteiger partial charge is 0.311 e. The Morgan fingerprint density at radius 3 is 2.79 bits per heavy atom. The topological polar surface area (TPSA) is 40.5 Å². The lowest BCUT2D eigenvalue weighted by Gasteiger charge is -2.28. The van der Waals surface area contributed by atoms with Crippen molar-refractivity contribution in [3.63, 3.8) is 0 Å². The van der Waals surface area contributed by atoms with E-state index < -0.39 is 11.4 Å². The molecule has 19 heavy (non-hydrogen) atoms. The predicted molar refractivity (Wildman–Crippen MR) is 76.3 cm³/mol. The average Bonchev–Trinajstić information content (AvgIpc) is 2.74. The van der Waals surface area contributed by atoms with E-state index in [1.807, 2.05) is 38.1 Å². The Morgan fingerprint density at radius 2 is 2.26 bits per heavy atom. The van der Waals surface area contributed by atoms with Crippen LogP contribution >= 0.6 is 11.6 Å². The summed E-state index contributed by atoms with van der Waals surface area (Å²) in [4.78, 5) is 13.8. The highest BCUT2D eigenvalue weighted by Gasteiger charge is 2.46. The second-order valence-electron chi connectivity index (χ2n) is 5.71. The van der Waals surface area contributed by atoms with Crippen LogP contribution in [-0.4, -0.2) is 29.1 Å². The van der Waals surface area contributed by atoms with E-state index in [1.165, 1.54) is 0 Å². The molecule has 104 valence electrons. The van der Waals surface area contributed by atoms with Gasteiger partial charge in [-0.05, 0) is 36.6 Å². The van der Waals surface area contributed by atoms with Crippen LogP contribution in [0, 0.1) is 11.3 Å². The summed E-state index contributed by atoms with van der Waals surface area (Å²) in [5.74, 6) is -0.523. The molecule has 1 heterocycles. The van der Waals surface area contributed by atoms with Gasteiger partial charge < -0.3 is 5.11 Å². The van der Waals surface area contributed by atoms with E-state index in [0.29, 0.717) is 6.54 Å². The lowest BCUT2D eigenvalue weighted by atomic mass is 9.76. The molecule has 3 nitrogen and oxygen atoms in total. The van der Waals surface area contributed by atoms with Gasteiger partial charge in [-0.15, -0.1) is 0 Å². The first kappa shape index (κ1) is 14.4. The number of halogens is 1. The van der Waals surface area contributed by atoms with Crippen LogP contribution in [0.3, 0.4) is 0 Å². The molecule has 1 unspecified atom stereocenters. The van der Waals surface area contributed by atoms with Crippen LogP contribution in [0.4, 0.5) is 0 Å². The number of likely N-dealkylation sites (tertiary alicyclic amines) is 1. The lowest BCUT2D eigenvalue weighted by Crippen LogP contribution is -2.39. The van der Waals surface area contributed by atoms with Crippen molar-refractivity contribution in [2.45, 2.75) is 26.8 Å². The molecule has 1 aliphatic heterocycles. The van der Waals surface area contributed by atoms with Gasteiger partial charge in [0.2, 0.25) is 0 Å². The number of carboxylic acids is 1. The molecule has 1 aromatic rings. The van der Waals surface area contributed by atoms with Crippen LogP contribution in [0.15, 0.2) is 24.3 Å². The number of rotatable bonds is 4. The van der Waals surface area contributed by atoms with Crippen LogP contribution in [0.2, 0.25) is 5.02 Å². The highest BCUT2D eigenvalue weighted by Crippen LogP contribution is 2.38. The molecule has 0 aromatic heterocycles. The van der Waals surface area contributed by atoms with Gasteiger partial charge in [0.1, 0.15) is 0 Å². The van der Waals surface area contributed by atoms with Crippen LogP contribution in [0.5, 0.6) is 0 Å². The van der Waals surface area contributed by atoms with Gasteiger partial charge in [-0.25, -0.2) is 0 Å². The molecular formula is C15H20ClNO2. The van der Waals surface area contributed by atoms with Gasteiger partial charge in [0.05, 0.1) is 5.41 Å². The average molecular weight is 282 g/mol. The Labute approximate surface area is 119 Å². The Balaban J connectivity index is 2.08. The summed E-state index contributed by atoms with van der Waals surface area (Å²) in [7, 11) is 0. The summed E-state index contributed by atoms with van der Waals surface area (Å²) in [5, 5.41) is 10.2. The Bertz CT molecular complexity index is 475. The highest BCUT2D eigenvalue weighted by atomic mass is 35.5. The normalized spacial score (nSPS) is 24.0. The van der Waals surface area contributed by atoms with Gasteiger partial charge in [-0.1, -0.05) is 37.6 Å². The first-order valence-electron chi connectivity index (χ1n) is 6.64. The van der Waals surface area contributed by atoms with Crippen molar-refractivity contribution in [2.24, 2.45) is 11.3 Å². The van der Waals surface area contributed by atoms with Crippen molar-refractivity contribution in [1.82, 2.24) is 4.90 Å². The summed E-state index contributed by atoms with van der Waals surface area (Å²) >= 11 is 5.97. The zero-order chi connectivity index (χ0) is 14.0. The molecule has 1 saturated heterocycles. The van der Waals surface area contributed by atoms with E-state index in [4.69, 9.17) is 11.6 Å². The van der Waals surface area contributed by atoms with E-state index in [2.05, 4.69) is 4.90 Å². The lowest BCUT2D eigenvalue weighted by molar-refractivity contribution is -0.151. The third kappa shape index (κ3) is 2.93. The SMILES string of the molecule is CC(C)C1(C(=O)O)CCN(Cc2cccc(Cl)c2)C1. The number of hydrogen-bond donors (Lipinski definition) is 1. The van der Waals surface area contributed by atoms with E-state index >= 15 is 0 Å². The second-order valence-corrected chi connectivity index (χ2v) is 6.14. The Morgan fingerprint density at radius 1 is 1.53 bits per heavy atom. The fourth-order valence-corrected chi connectivity index (χ4v) is 3.05. The first-order valence-corrected chi connectivity index (χ1v) is 7.02. The first-order chi connectivity index (χ1) is 8.94. The molecule has 0 bridgehead atoms. The standard InChI is InChI=1S/C15H20ClNO2/c1-11(2)15(14(18)19)6-7-17(10-15)9-12-4-3-5-13(16)8-12/h3-5,8,11H,6-7,9-10H2,1-2H3,(H,18,19). The van der Waals surface area contributed by atoms with Gasteiger partial charge in [0, 0.05) is 18.1 Å². The summed E-state index contributed by atoms with van der Waals surface area (Å²) in [5.41, 5.74) is 0.538. The summed E-state index contributed by atoms with van der Waals surface area (Å²) in [6, 6.07) is 7.76. The molecule has 2 rings (SSSR count). The molecule has 1 fully saturated rings. The maximum atomic E-state index is 11.6. The maximum Gasteiger partial charge on any atom is 0.311 e. The molecule has 0 saturated carbocycles. The largest absolute Gasteiger partial charge is 0.481 e. The summed E-state index contributed by atoms with van der Waals surface area (Å²) in [6.07, 6.45) is 0.723. The van der Waals surface area contributed by atoms with Crippen molar-refractivity contribution in [3.8, 4) is 0 Å². The van der Waals surface area contributed by atoms with Gasteiger partial charge in [0.15, 0.2) is 0 Å². The van der Waals surface area contributed by atoms with Gasteiger partial charge in [-0.2, -0.15) is 0 Å². The molecule has 0 radical (unpaired) electrons. The molecular weight excluding hydrogens is 262 g/mol. The molecule has 1 aromatic carbocycles. The number of hydrogen-bond acceptors (Lipinski definition) is 2. The minimum Gasteiger partial charge on any atom is -0.481 e. The molecule has 4 heteroatoms.